The quantitative estimate of drug-likeness (QED) is 0.544. The Bertz CT molecular complexity index is 741. The van der Waals surface area contributed by atoms with E-state index in [0.717, 1.165) is 36.7 Å². The SMILES string of the molecule is CN(CCC(Oc1cccc(C(F)(F)F)c1)c1ccc(F)cc1)CC1CC1. The van der Waals surface area contributed by atoms with E-state index >= 15 is 0 Å². The minimum absolute atomic E-state index is 0.156. The summed E-state index contributed by atoms with van der Waals surface area (Å²) in [6, 6.07) is 10.8. The molecular formula is C21H23F4NO. The predicted octanol–water partition coefficient (Wildman–Crippen LogP) is 5.70. The van der Waals surface area contributed by atoms with Crippen LogP contribution in [0, 0.1) is 11.7 Å². The highest BCUT2D eigenvalue weighted by Crippen LogP contribution is 2.34. The molecule has 27 heavy (non-hydrogen) atoms. The molecule has 6 heteroatoms. The van der Waals surface area contributed by atoms with E-state index in [9.17, 15) is 17.6 Å². The number of hydrogen-bond donors (Lipinski definition) is 0. The van der Waals surface area contributed by atoms with E-state index in [1.54, 1.807) is 12.1 Å². The summed E-state index contributed by atoms with van der Waals surface area (Å²) >= 11 is 0. The van der Waals surface area contributed by atoms with Gasteiger partial charge >= 0.3 is 6.18 Å². The minimum Gasteiger partial charge on any atom is -0.486 e. The van der Waals surface area contributed by atoms with Crippen LogP contribution in [0.1, 0.15) is 36.5 Å². The third kappa shape index (κ3) is 5.96. The van der Waals surface area contributed by atoms with Crippen LogP contribution in [0.5, 0.6) is 5.75 Å². The molecule has 0 saturated heterocycles. The van der Waals surface area contributed by atoms with E-state index in [1.807, 2.05) is 7.05 Å². The molecule has 0 bridgehead atoms. The first-order chi connectivity index (χ1) is 12.8. The van der Waals surface area contributed by atoms with Gasteiger partial charge in [0.15, 0.2) is 0 Å². The molecular weight excluding hydrogens is 358 g/mol. The second-order valence-electron chi connectivity index (χ2n) is 7.18. The summed E-state index contributed by atoms with van der Waals surface area (Å²) in [6.07, 6.45) is -1.75. The molecule has 0 N–H and O–H groups in total. The fourth-order valence-corrected chi connectivity index (χ4v) is 3.05. The number of alkyl halides is 3. The first kappa shape index (κ1) is 19.7. The van der Waals surface area contributed by atoms with Gasteiger partial charge in [-0.25, -0.2) is 4.39 Å². The number of hydrogen-bond acceptors (Lipinski definition) is 2. The van der Waals surface area contributed by atoms with Gasteiger partial charge in [0.25, 0.3) is 0 Å². The molecule has 2 aromatic carbocycles. The lowest BCUT2D eigenvalue weighted by molar-refractivity contribution is -0.137. The van der Waals surface area contributed by atoms with Gasteiger partial charge in [0, 0.05) is 19.5 Å². The van der Waals surface area contributed by atoms with Crippen molar-refractivity contribution < 1.29 is 22.3 Å². The van der Waals surface area contributed by atoms with Crippen molar-refractivity contribution in [3.05, 3.63) is 65.5 Å². The molecule has 1 aliphatic carbocycles. The van der Waals surface area contributed by atoms with Crippen molar-refractivity contribution >= 4 is 0 Å². The van der Waals surface area contributed by atoms with Crippen LogP contribution in [0.4, 0.5) is 17.6 Å². The summed E-state index contributed by atoms with van der Waals surface area (Å²) in [6.45, 7) is 1.76. The number of halogens is 4. The van der Waals surface area contributed by atoms with Crippen LogP contribution in [0.3, 0.4) is 0 Å². The molecule has 0 spiro atoms. The zero-order valence-electron chi connectivity index (χ0n) is 15.2. The molecule has 0 heterocycles. The highest BCUT2D eigenvalue weighted by molar-refractivity contribution is 5.31. The Morgan fingerprint density at radius 2 is 1.81 bits per heavy atom. The van der Waals surface area contributed by atoms with Crippen LogP contribution in [0.2, 0.25) is 0 Å². The van der Waals surface area contributed by atoms with Gasteiger partial charge in [-0.3, -0.25) is 0 Å². The number of rotatable bonds is 8. The van der Waals surface area contributed by atoms with Crippen molar-refractivity contribution in [3.8, 4) is 5.75 Å². The van der Waals surface area contributed by atoms with E-state index in [0.29, 0.717) is 6.42 Å². The average molecular weight is 381 g/mol. The summed E-state index contributed by atoms with van der Waals surface area (Å²) in [5.74, 6) is 0.551. The van der Waals surface area contributed by atoms with E-state index < -0.39 is 17.8 Å². The Morgan fingerprint density at radius 1 is 1.11 bits per heavy atom. The third-order valence-electron chi connectivity index (χ3n) is 4.72. The molecule has 3 rings (SSSR count). The van der Waals surface area contributed by atoms with Crippen molar-refractivity contribution in [2.24, 2.45) is 5.92 Å². The minimum atomic E-state index is -4.42. The van der Waals surface area contributed by atoms with Gasteiger partial charge in [-0.15, -0.1) is 0 Å². The van der Waals surface area contributed by atoms with Crippen molar-refractivity contribution in [3.63, 3.8) is 0 Å². The molecule has 146 valence electrons. The van der Waals surface area contributed by atoms with Gasteiger partial charge in [-0.05, 0) is 61.7 Å². The first-order valence-corrected chi connectivity index (χ1v) is 9.09. The molecule has 2 nitrogen and oxygen atoms in total. The average Bonchev–Trinajstić information content (AvgIpc) is 3.43. The normalized spacial score (nSPS) is 15.8. The third-order valence-corrected chi connectivity index (χ3v) is 4.72. The Hall–Kier alpha value is -2.08. The van der Waals surface area contributed by atoms with Gasteiger partial charge in [0.1, 0.15) is 17.7 Å². The zero-order valence-corrected chi connectivity index (χ0v) is 15.2. The molecule has 0 aliphatic heterocycles. The maximum Gasteiger partial charge on any atom is 0.416 e. The number of nitrogens with zero attached hydrogens (tertiary/aromatic N) is 1. The van der Waals surface area contributed by atoms with Crippen molar-refractivity contribution in [2.45, 2.75) is 31.5 Å². The molecule has 1 unspecified atom stereocenters. The lowest BCUT2D eigenvalue weighted by Gasteiger charge is -2.23. The second kappa shape index (κ2) is 8.30. The molecule has 1 saturated carbocycles. The Balaban J connectivity index is 1.73. The van der Waals surface area contributed by atoms with Crippen LogP contribution in [-0.4, -0.2) is 25.0 Å². The summed E-state index contributed by atoms with van der Waals surface area (Å²) < 4.78 is 58.0. The monoisotopic (exact) mass is 381 g/mol. The maximum absolute atomic E-state index is 13.3. The highest BCUT2D eigenvalue weighted by Gasteiger charge is 2.31. The summed E-state index contributed by atoms with van der Waals surface area (Å²) in [4.78, 5) is 2.21. The van der Waals surface area contributed by atoms with Gasteiger partial charge in [0.05, 0.1) is 5.56 Å². The molecule has 0 radical (unpaired) electrons. The molecule has 0 amide bonds. The molecule has 0 aromatic heterocycles. The van der Waals surface area contributed by atoms with Crippen molar-refractivity contribution in [1.29, 1.82) is 0 Å². The van der Waals surface area contributed by atoms with Crippen molar-refractivity contribution in [2.75, 3.05) is 20.1 Å². The standard InChI is InChI=1S/C21H23F4NO/c1-26(14-15-5-6-15)12-11-20(16-7-9-18(22)10-8-16)27-19-4-2-3-17(13-19)21(23,24)25/h2-4,7-10,13,15,20H,5-6,11-12,14H2,1H3. The lowest BCUT2D eigenvalue weighted by atomic mass is 10.1. The largest absolute Gasteiger partial charge is 0.486 e. The lowest BCUT2D eigenvalue weighted by Crippen LogP contribution is -2.25. The van der Waals surface area contributed by atoms with E-state index in [1.165, 1.54) is 37.1 Å². The number of ether oxygens (including phenoxy) is 1. The molecule has 2 aromatic rings. The topological polar surface area (TPSA) is 12.5 Å². The fraction of sp³-hybridized carbons (Fsp3) is 0.429. The zero-order chi connectivity index (χ0) is 19.4. The first-order valence-electron chi connectivity index (χ1n) is 9.09. The van der Waals surface area contributed by atoms with E-state index in [-0.39, 0.29) is 11.6 Å². The van der Waals surface area contributed by atoms with Crippen LogP contribution in [-0.2, 0) is 6.18 Å². The van der Waals surface area contributed by atoms with Crippen LogP contribution in [0.15, 0.2) is 48.5 Å². The summed E-state index contributed by atoms with van der Waals surface area (Å²) in [7, 11) is 2.03. The second-order valence-corrected chi connectivity index (χ2v) is 7.18. The highest BCUT2D eigenvalue weighted by atomic mass is 19.4. The Labute approximate surface area is 156 Å². The van der Waals surface area contributed by atoms with E-state index in [2.05, 4.69) is 4.90 Å². The maximum atomic E-state index is 13.3. The van der Waals surface area contributed by atoms with E-state index in [4.69, 9.17) is 4.74 Å². The smallest absolute Gasteiger partial charge is 0.416 e. The molecule has 1 fully saturated rings. The molecule has 1 aliphatic rings. The predicted molar refractivity (Wildman–Crippen MR) is 96.1 cm³/mol. The van der Waals surface area contributed by atoms with Crippen molar-refractivity contribution in [1.82, 2.24) is 4.90 Å². The summed E-state index contributed by atoms with van der Waals surface area (Å²) in [5.41, 5.74) is -0.00246. The fourth-order valence-electron chi connectivity index (χ4n) is 3.05. The van der Waals surface area contributed by atoms with Crippen LogP contribution in [0.25, 0.3) is 0 Å². The Morgan fingerprint density at radius 3 is 2.44 bits per heavy atom. The molecule has 1 atom stereocenters. The Kier molecular flexibility index (Phi) is 6.05. The van der Waals surface area contributed by atoms with Gasteiger partial charge in [-0.1, -0.05) is 18.2 Å². The van der Waals surface area contributed by atoms with Gasteiger partial charge in [-0.2, -0.15) is 13.2 Å². The van der Waals surface area contributed by atoms with Gasteiger partial charge in [0.2, 0.25) is 0 Å². The summed E-state index contributed by atoms with van der Waals surface area (Å²) in [5, 5.41) is 0. The van der Waals surface area contributed by atoms with Crippen LogP contribution >= 0.6 is 0 Å². The van der Waals surface area contributed by atoms with Crippen LogP contribution < -0.4 is 4.74 Å². The van der Waals surface area contributed by atoms with Gasteiger partial charge < -0.3 is 9.64 Å². The number of benzene rings is 2.